The molecule has 0 aliphatic heterocycles. The molecular formula is C30H27ClN6O. The SMILES string of the molecule is COc1nc2ccc(C(c3ccccn3)c3cncn3C)cc2c(Cl)c1Cc1ccc(N/C=C\C=N)cc1. The Hall–Kier alpha value is -4.49. The molecule has 38 heavy (non-hydrogen) atoms. The molecule has 0 radical (unpaired) electrons. The number of methoxy groups -OCH3 is 1. The van der Waals surface area contributed by atoms with E-state index in [1.165, 1.54) is 6.21 Å². The van der Waals surface area contributed by atoms with Gasteiger partial charge in [-0.15, -0.1) is 0 Å². The molecule has 3 aromatic heterocycles. The standard InChI is InChI=1S/C30H27ClN6O/c1-37-19-33-18-27(37)28(26-6-3-4-14-35-26)21-9-12-25-23(17-21)29(31)24(30(36-25)38-2)16-20-7-10-22(11-8-20)34-15-5-13-32/h3-15,17-19,28,32,34H,16H2,1-2H3/b15-5-,32-13?. The molecule has 0 saturated heterocycles. The Morgan fingerprint density at radius 1 is 1.13 bits per heavy atom. The van der Waals surface area contributed by atoms with Crippen molar-refractivity contribution in [1.82, 2.24) is 19.5 Å². The van der Waals surface area contributed by atoms with E-state index in [1.54, 1.807) is 25.7 Å². The van der Waals surface area contributed by atoms with E-state index >= 15 is 0 Å². The lowest BCUT2D eigenvalue weighted by Crippen LogP contribution is -2.09. The molecule has 0 bridgehead atoms. The van der Waals surface area contributed by atoms with E-state index in [4.69, 9.17) is 26.7 Å². The Kier molecular flexibility index (Phi) is 7.47. The number of hydrogen-bond donors (Lipinski definition) is 2. The van der Waals surface area contributed by atoms with Gasteiger partial charge in [0, 0.05) is 54.9 Å². The zero-order chi connectivity index (χ0) is 26.5. The second kappa shape index (κ2) is 11.3. The Morgan fingerprint density at radius 3 is 2.66 bits per heavy atom. The number of pyridine rings is 2. The molecule has 5 aromatic rings. The minimum absolute atomic E-state index is 0.114. The summed E-state index contributed by atoms with van der Waals surface area (Å²) in [4.78, 5) is 13.8. The van der Waals surface area contributed by atoms with Crippen molar-refractivity contribution < 1.29 is 4.74 Å². The first-order chi connectivity index (χ1) is 18.6. The van der Waals surface area contributed by atoms with Crippen LogP contribution in [0, 0.1) is 5.41 Å². The van der Waals surface area contributed by atoms with Crippen LogP contribution < -0.4 is 10.1 Å². The molecule has 0 amide bonds. The maximum atomic E-state index is 7.08. The van der Waals surface area contributed by atoms with Crippen molar-refractivity contribution in [1.29, 1.82) is 5.41 Å². The molecular weight excluding hydrogens is 496 g/mol. The van der Waals surface area contributed by atoms with Gasteiger partial charge in [0.05, 0.1) is 41.3 Å². The zero-order valence-corrected chi connectivity index (χ0v) is 21.9. The topological polar surface area (TPSA) is 88.7 Å². The summed E-state index contributed by atoms with van der Waals surface area (Å²) in [7, 11) is 3.60. The van der Waals surface area contributed by atoms with Crippen LogP contribution in [0.1, 0.15) is 34.0 Å². The number of ether oxygens (including phenoxy) is 1. The number of anilines is 1. The largest absolute Gasteiger partial charge is 0.481 e. The number of nitrogens with zero attached hydrogens (tertiary/aromatic N) is 4. The summed E-state index contributed by atoms with van der Waals surface area (Å²) >= 11 is 7.07. The van der Waals surface area contributed by atoms with Gasteiger partial charge in [0.1, 0.15) is 0 Å². The molecule has 1 unspecified atom stereocenters. The molecule has 2 aromatic carbocycles. The third kappa shape index (κ3) is 5.14. The summed E-state index contributed by atoms with van der Waals surface area (Å²) in [6.07, 6.45) is 10.6. The van der Waals surface area contributed by atoms with E-state index < -0.39 is 0 Å². The summed E-state index contributed by atoms with van der Waals surface area (Å²) in [6, 6.07) is 20.1. The van der Waals surface area contributed by atoms with Gasteiger partial charge in [-0.05, 0) is 53.6 Å². The molecule has 0 aliphatic rings. The van der Waals surface area contributed by atoms with Gasteiger partial charge in [-0.1, -0.05) is 35.9 Å². The van der Waals surface area contributed by atoms with Crippen LogP contribution >= 0.6 is 11.6 Å². The lowest BCUT2D eigenvalue weighted by atomic mass is 9.90. The van der Waals surface area contributed by atoms with Crippen molar-refractivity contribution in [3.8, 4) is 5.88 Å². The number of allylic oxidation sites excluding steroid dienone is 1. The highest BCUT2D eigenvalue weighted by molar-refractivity contribution is 6.36. The van der Waals surface area contributed by atoms with Crippen molar-refractivity contribution in [3.05, 3.63) is 125 Å². The van der Waals surface area contributed by atoms with Crippen molar-refractivity contribution in [2.75, 3.05) is 12.4 Å². The van der Waals surface area contributed by atoms with Crippen molar-refractivity contribution in [3.63, 3.8) is 0 Å². The number of rotatable bonds is 9. The highest BCUT2D eigenvalue weighted by atomic mass is 35.5. The Morgan fingerprint density at radius 2 is 1.97 bits per heavy atom. The number of nitrogens with one attached hydrogen (secondary N) is 2. The van der Waals surface area contributed by atoms with Gasteiger partial charge in [0.2, 0.25) is 5.88 Å². The van der Waals surface area contributed by atoms with E-state index in [0.717, 1.165) is 44.7 Å². The van der Waals surface area contributed by atoms with Crippen LogP contribution in [0.4, 0.5) is 5.69 Å². The number of aromatic nitrogens is 4. The quantitative estimate of drug-likeness (QED) is 0.219. The third-order valence-corrected chi connectivity index (χ3v) is 6.87. The highest BCUT2D eigenvalue weighted by Crippen LogP contribution is 2.38. The molecule has 0 fully saturated rings. The fourth-order valence-electron chi connectivity index (χ4n) is 4.56. The summed E-state index contributed by atoms with van der Waals surface area (Å²) in [6.45, 7) is 0. The number of imidazole rings is 1. The number of hydrogen-bond acceptors (Lipinski definition) is 6. The summed E-state index contributed by atoms with van der Waals surface area (Å²) in [5.74, 6) is 0.399. The molecule has 1 atom stereocenters. The molecule has 0 aliphatic carbocycles. The van der Waals surface area contributed by atoms with Gasteiger partial charge in [-0.25, -0.2) is 9.97 Å². The van der Waals surface area contributed by atoms with Gasteiger partial charge < -0.3 is 20.0 Å². The summed E-state index contributed by atoms with van der Waals surface area (Å²) in [5.41, 5.74) is 6.61. The predicted molar refractivity (Wildman–Crippen MR) is 152 cm³/mol. The fourth-order valence-corrected chi connectivity index (χ4v) is 4.86. The van der Waals surface area contributed by atoms with E-state index in [1.807, 2.05) is 72.5 Å². The maximum absolute atomic E-state index is 7.08. The van der Waals surface area contributed by atoms with Gasteiger partial charge >= 0.3 is 0 Å². The van der Waals surface area contributed by atoms with Crippen molar-refractivity contribution in [2.24, 2.45) is 7.05 Å². The predicted octanol–water partition coefficient (Wildman–Crippen LogP) is 6.37. The second-order valence-corrected chi connectivity index (χ2v) is 9.23. The summed E-state index contributed by atoms with van der Waals surface area (Å²) in [5, 5.41) is 11.7. The van der Waals surface area contributed by atoms with E-state index in [9.17, 15) is 0 Å². The molecule has 190 valence electrons. The molecule has 5 rings (SSSR count). The Bertz CT molecular complexity index is 1600. The van der Waals surface area contributed by atoms with Crippen molar-refractivity contribution in [2.45, 2.75) is 12.3 Å². The molecule has 0 spiro atoms. The minimum atomic E-state index is -0.114. The number of benzene rings is 2. The molecule has 8 heteroatoms. The Labute approximate surface area is 226 Å². The monoisotopic (exact) mass is 522 g/mol. The first kappa shape index (κ1) is 25.2. The van der Waals surface area contributed by atoms with Crippen LogP contribution in [0.5, 0.6) is 5.88 Å². The average molecular weight is 523 g/mol. The van der Waals surface area contributed by atoms with Crippen LogP contribution in [0.3, 0.4) is 0 Å². The number of fused-ring (bicyclic) bond motifs is 1. The smallest absolute Gasteiger partial charge is 0.218 e. The van der Waals surface area contributed by atoms with Crippen LogP contribution in [0.15, 0.2) is 91.7 Å². The van der Waals surface area contributed by atoms with Crippen molar-refractivity contribution >= 4 is 34.4 Å². The van der Waals surface area contributed by atoms with E-state index in [0.29, 0.717) is 17.3 Å². The molecule has 7 nitrogen and oxygen atoms in total. The fraction of sp³-hybridized carbons (Fsp3) is 0.133. The van der Waals surface area contributed by atoms with E-state index in [2.05, 4.69) is 27.4 Å². The average Bonchev–Trinajstić information content (AvgIpc) is 3.37. The van der Waals surface area contributed by atoms with Crippen LogP contribution in [0.2, 0.25) is 5.02 Å². The first-order valence-corrected chi connectivity index (χ1v) is 12.5. The second-order valence-electron chi connectivity index (χ2n) is 8.85. The van der Waals surface area contributed by atoms with E-state index in [-0.39, 0.29) is 5.92 Å². The zero-order valence-electron chi connectivity index (χ0n) is 21.1. The van der Waals surface area contributed by atoms with Crippen LogP contribution in [-0.4, -0.2) is 32.8 Å². The number of halogens is 1. The normalized spacial score (nSPS) is 12.1. The summed E-state index contributed by atoms with van der Waals surface area (Å²) < 4.78 is 7.67. The lowest BCUT2D eigenvalue weighted by Gasteiger charge is -2.19. The molecule has 0 saturated carbocycles. The number of aryl methyl sites for hydroxylation is 1. The lowest BCUT2D eigenvalue weighted by molar-refractivity contribution is 0.395. The highest BCUT2D eigenvalue weighted by Gasteiger charge is 2.23. The minimum Gasteiger partial charge on any atom is -0.481 e. The van der Waals surface area contributed by atoms with Crippen LogP contribution in [-0.2, 0) is 13.5 Å². The molecule has 2 N–H and O–H groups in total. The molecule has 3 heterocycles. The Balaban J connectivity index is 1.56. The third-order valence-electron chi connectivity index (χ3n) is 6.44. The van der Waals surface area contributed by atoms with Gasteiger partial charge in [0.25, 0.3) is 0 Å². The van der Waals surface area contributed by atoms with Crippen LogP contribution in [0.25, 0.3) is 10.9 Å². The van der Waals surface area contributed by atoms with Gasteiger partial charge in [-0.2, -0.15) is 0 Å². The first-order valence-electron chi connectivity index (χ1n) is 12.1. The van der Waals surface area contributed by atoms with Gasteiger partial charge in [-0.3, -0.25) is 4.98 Å². The maximum Gasteiger partial charge on any atom is 0.218 e. The van der Waals surface area contributed by atoms with Gasteiger partial charge in [0.15, 0.2) is 0 Å².